The highest BCUT2D eigenvalue weighted by atomic mass is 35.5. The molecule has 124 valence electrons. The van der Waals surface area contributed by atoms with Crippen LogP contribution in [0.4, 0.5) is 0 Å². The number of carbonyl (C=O) groups is 1. The van der Waals surface area contributed by atoms with Crippen LogP contribution < -0.4 is 5.56 Å². The Morgan fingerprint density at radius 1 is 1.38 bits per heavy atom. The number of nitrogens with zero attached hydrogens (tertiary/aromatic N) is 2. The molecule has 24 heavy (non-hydrogen) atoms. The molecule has 0 saturated heterocycles. The minimum atomic E-state index is -1.14. The number of rotatable bonds is 4. The average molecular weight is 383 g/mol. The zero-order valence-corrected chi connectivity index (χ0v) is 14.9. The molecule has 0 bridgehead atoms. The summed E-state index contributed by atoms with van der Waals surface area (Å²) in [5.74, 6) is -0.558. The van der Waals surface area contributed by atoms with Gasteiger partial charge in [-0.1, -0.05) is 36.2 Å². The maximum Gasteiger partial charge on any atom is 0.337 e. The van der Waals surface area contributed by atoms with Gasteiger partial charge in [-0.2, -0.15) is 0 Å². The Morgan fingerprint density at radius 3 is 2.75 bits per heavy atom. The monoisotopic (exact) mass is 382 g/mol. The van der Waals surface area contributed by atoms with Crippen molar-refractivity contribution in [3.63, 3.8) is 0 Å². The third-order valence-electron chi connectivity index (χ3n) is 3.66. The number of hydrogen-bond donors (Lipinski definition) is 1. The Hall–Kier alpha value is -1.89. The van der Waals surface area contributed by atoms with Gasteiger partial charge in [0, 0.05) is 21.8 Å². The minimum Gasteiger partial charge on any atom is -0.478 e. The second-order valence-electron chi connectivity index (χ2n) is 5.14. The molecule has 3 aromatic rings. The Labute approximate surface area is 151 Å². The topological polar surface area (TPSA) is 72.2 Å². The molecule has 0 saturated carbocycles. The lowest BCUT2D eigenvalue weighted by molar-refractivity contribution is 0.0699. The molecule has 8 heteroatoms. The number of benzene rings is 1. The summed E-state index contributed by atoms with van der Waals surface area (Å²) in [6.45, 7) is 2.09. The van der Waals surface area contributed by atoms with E-state index >= 15 is 0 Å². The van der Waals surface area contributed by atoms with Crippen LogP contribution in [0.1, 0.15) is 28.7 Å². The highest BCUT2D eigenvalue weighted by molar-refractivity contribution is 7.17. The molecule has 0 aliphatic heterocycles. The van der Waals surface area contributed by atoms with E-state index in [2.05, 4.69) is 4.98 Å². The number of hydrogen-bond acceptors (Lipinski definition) is 4. The van der Waals surface area contributed by atoms with Crippen LogP contribution in [0.25, 0.3) is 10.2 Å². The van der Waals surface area contributed by atoms with Gasteiger partial charge in [0.05, 0.1) is 17.5 Å². The number of fused-ring (bicyclic) bond motifs is 1. The SMILES string of the molecule is CCc1nc2scc(C(=O)O)c2c(=O)n1Cc1ccc(Cl)cc1Cl. The third kappa shape index (κ3) is 2.92. The molecule has 0 amide bonds. The van der Waals surface area contributed by atoms with Gasteiger partial charge in [-0.15, -0.1) is 11.3 Å². The van der Waals surface area contributed by atoms with Crippen LogP contribution in [0, 0.1) is 0 Å². The summed E-state index contributed by atoms with van der Waals surface area (Å²) < 4.78 is 1.47. The van der Waals surface area contributed by atoms with E-state index in [1.165, 1.54) is 9.95 Å². The van der Waals surface area contributed by atoms with Gasteiger partial charge in [-0.25, -0.2) is 9.78 Å². The summed E-state index contributed by atoms with van der Waals surface area (Å²) >= 11 is 13.3. The smallest absolute Gasteiger partial charge is 0.337 e. The van der Waals surface area contributed by atoms with Gasteiger partial charge >= 0.3 is 5.97 Å². The van der Waals surface area contributed by atoms with Crippen molar-refractivity contribution in [2.75, 3.05) is 0 Å². The van der Waals surface area contributed by atoms with Gasteiger partial charge < -0.3 is 5.11 Å². The molecule has 5 nitrogen and oxygen atoms in total. The standard InChI is InChI=1S/C16H12Cl2N2O3S/c1-2-12-19-14-13(10(7-24-14)16(22)23)15(21)20(12)6-8-3-4-9(17)5-11(8)18/h3-5,7H,2,6H2,1H3,(H,22,23). The summed E-state index contributed by atoms with van der Waals surface area (Å²) in [5.41, 5.74) is 0.318. The lowest BCUT2D eigenvalue weighted by atomic mass is 10.2. The molecule has 2 heterocycles. The van der Waals surface area contributed by atoms with Crippen LogP contribution in [-0.2, 0) is 13.0 Å². The number of aromatic nitrogens is 2. The molecular formula is C16H12Cl2N2O3S. The second-order valence-corrected chi connectivity index (χ2v) is 6.85. The molecule has 2 aromatic heterocycles. The molecule has 1 N–H and O–H groups in total. The van der Waals surface area contributed by atoms with E-state index in [4.69, 9.17) is 23.2 Å². The molecule has 0 radical (unpaired) electrons. The van der Waals surface area contributed by atoms with Gasteiger partial charge in [-0.3, -0.25) is 9.36 Å². The highest BCUT2D eigenvalue weighted by Crippen LogP contribution is 2.24. The van der Waals surface area contributed by atoms with Crippen LogP contribution in [0.15, 0.2) is 28.4 Å². The van der Waals surface area contributed by atoms with Gasteiger partial charge in [0.25, 0.3) is 5.56 Å². The van der Waals surface area contributed by atoms with Crippen molar-refractivity contribution in [3.05, 3.63) is 60.9 Å². The van der Waals surface area contributed by atoms with Crippen LogP contribution in [0.5, 0.6) is 0 Å². The molecule has 0 aliphatic carbocycles. The van der Waals surface area contributed by atoms with Crippen molar-refractivity contribution in [2.45, 2.75) is 19.9 Å². The first-order valence-electron chi connectivity index (χ1n) is 7.10. The zero-order chi connectivity index (χ0) is 17.4. The summed E-state index contributed by atoms with van der Waals surface area (Å²) in [7, 11) is 0. The largest absolute Gasteiger partial charge is 0.478 e. The van der Waals surface area contributed by atoms with E-state index in [9.17, 15) is 14.7 Å². The predicted molar refractivity (Wildman–Crippen MR) is 95.8 cm³/mol. The number of aryl methyl sites for hydroxylation is 1. The summed E-state index contributed by atoms with van der Waals surface area (Å²) in [6, 6.07) is 5.04. The van der Waals surface area contributed by atoms with Gasteiger partial charge in [0.15, 0.2) is 0 Å². The summed E-state index contributed by atoms with van der Waals surface area (Å²) in [5, 5.41) is 11.8. The van der Waals surface area contributed by atoms with Crippen LogP contribution in [0.3, 0.4) is 0 Å². The zero-order valence-electron chi connectivity index (χ0n) is 12.5. The van der Waals surface area contributed by atoms with Crippen molar-refractivity contribution in [2.24, 2.45) is 0 Å². The molecule has 0 spiro atoms. The fourth-order valence-corrected chi connectivity index (χ4v) is 3.87. The first-order valence-corrected chi connectivity index (χ1v) is 8.74. The maximum absolute atomic E-state index is 12.9. The van der Waals surface area contributed by atoms with E-state index in [-0.39, 0.29) is 23.1 Å². The first kappa shape index (κ1) is 17.0. The Morgan fingerprint density at radius 2 is 2.12 bits per heavy atom. The van der Waals surface area contributed by atoms with E-state index in [1.807, 2.05) is 6.92 Å². The second kappa shape index (κ2) is 6.55. The Bertz CT molecular complexity index is 1010. The van der Waals surface area contributed by atoms with Gasteiger partial charge in [0.2, 0.25) is 0 Å². The van der Waals surface area contributed by atoms with E-state index in [0.29, 0.717) is 32.7 Å². The Kier molecular flexibility index (Phi) is 4.62. The number of carboxylic acids is 1. The predicted octanol–water partition coefficient (Wildman–Crippen LogP) is 4.07. The number of carboxylic acid groups (broad SMARTS) is 1. The van der Waals surface area contributed by atoms with Crippen LogP contribution >= 0.6 is 34.5 Å². The van der Waals surface area contributed by atoms with Gasteiger partial charge in [0.1, 0.15) is 10.7 Å². The lowest BCUT2D eigenvalue weighted by Gasteiger charge is -2.12. The van der Waals surface area contributed by atoms with Crippen molar-refractivity contribution in [1.29, 1.82) is 0 Å². The van der Waals surface area contributed by atoms with E-state index < -0.39 is 5.97 Å². The molecule has 0 aliphatic rings. The Balaban J connectivity index is 2.22. The number of thiophene rings is 1. The van der Waals surface area contributed by atoms with Crippen LogP contribution in [0.2, 0.25) is 10.0 Å². The van der Waals surface area contributed by atoms with Crippen molar-refractivity contribution in [1.82, 2.24) is 9.55 Å². The third-order valence-corrected chi connectivity index (χ3v) is 5.12. The molecule has 0 fully saturated rings. The molecule has 3 rings (SSSR count). The number of aromatic carboxylic acids is 1. The molecular weight excluding hydrogens is 371 g/mol. The van der Waals surface area contributed by atoms with Crippen molar-refractivity contribution >= 4 is 50.7 Å². The average Bonchev–Trinajstić information content (AvgIpc) is 2.96. The number of halogens is 2. The van der Waals surface area contributed by atoms with Gasteiger partial charge in [-0.05, 0) is 17.7 Å². The minimum absolute atomic E-state index is 0.0221. The molecule has 0 atom stereocenters. The van der Waals surface area contributed by atoms with Crippen molar-refractivity contribution < 1.29 is 9.90 Å². The normalized spacial score (nSPS) is 11.1. The van der Waals surface area contributed by atoms with Crippen molar-refractivity contribution in [3.8, 4) is 0 Å². The molecule has 0 unspecified atom stereocenters. The summed E-state index contributed by atoms with van der Waals surface area (Å²) in [6.07, 6.45) is 0.538. The first-order chi connectivity index (χ1) is 11.4. The lowest BCUT2D eigenvalue weighted by Crippen LogP contribution is -2.26. The highest BCUT2D eigenvalue weighted by Gasteiger charge is 2.19. The van der Waals surface area contributed by atoms with E-state index in [0.717, 1.165) is 11.3 Å². The van der Waals surface area contributed by atoms with E-state index in [1.54, 1.807) is 18.2 Å². The summed E-state index contributed by atoms with van der Waals surface area (Å²) in [4.78, 5) is 29.1. The van der Waals surface area contributed by atoms with Crippen LogP contribution in [-0.4, -0.2) is 20.6 Å². The fraction of sp³-hybridized carbons (Fsp3) is 0.188. The quantitative estimate of drug-likeness (QED) is 0.737. The molecule has 1 aromatic carbocycles. The maximum atomic E-state index is 12.9. The fourth-order valence-electron chi connectivity index (χ4n) is 2.48.